The largest absolute Gasteiger partial charge is 0.493 e. The Balaban J connectivity index is 2.15. The summed E-state index contributed by atoms with van der Waals surface area (Å²) in [6.45, 7) is 7.66. The zero-order valence-electron chi connectivity index (χ0n) is 16.7. The minimum absolute atomic E-state index is 0.236. The van der Waals surface area contributed by atoms with E-state index in [-0.39, 0.29) is 11.0 Å². The molecule has 0 saturated carbocycles. The van der Waals surface area contributed by atoms with Crippen molar-refractivity contribution in [3.8, 4) is 11.5 Å². The van der Waals surface area contributed by atoms with Gasteiger partial charge in [-0.2, -0.15) is 0 Å². The zero-order chi connectivity index (χ0) is 20.8. The molecule has 1 aliphatic rings. The van der Waals surface area contributed by atoms with E-state index in [0.29, 0.717) is 29.6 Å². The fraction of sp³-hybridized carbons (Fsp3) is 0.450. The van der Waals surface area contributed by atoms with Crippen LogP contribution in [0, 0.1) is 5.92 Å². The van der Waals surface area contributed by atoms with Crippen molar-refractivity contribution in [1.29, 1.82) is 0 Å². The van der Waals surface area contributed by atoms with Gasteiger partial charge in [-0.25, -0.2) is 0 Å². The molecule has 28 heavy (non-hydrogen) atoms. The lowest BCUT2D eigenvalue weighted by Crippen LogP contribution is -2.35. The van der Waals surface area contributed by atoms with Crippen LogP contribution in [0.5, 0.6) is 11.5 Å². The summed E-state index contributed by atoms with van der Waals surface area (Å²) in [6, 6.07) is 5.27. The summed E-state index contributed by atoms with van der Waals surface area (Å²) < 4.78 is 16.1. The lowest BCUT2D eigenvalue weighted by atomic mass is 10.1. The van der Waals surface area contributed by atoms with E-state index in [0.717, 1.165) is 16.7 Å². The highest BCUT2D eigenvalue weighted by Crippen LogP contribution is 2.34. The van der Waals surface area contributed by atoms with E-state index in [1.807, 2.05) is 13.8 Å². The van der Waals surface area contributed by atoms with E-state index in [1.54, 1.807) is 38.1 Å². The molecule has 152 valence electrons. The molecule has 0 spiro atoms. The molecule has 8 heteroatoms. The van der Waals surface area contributed by atoms with Crippen LogP contribution in [-0.4, -0.2) is 48.4 Å². The van der Waals surface area contributed by atoms with Gasteiger partial charge in [0, 0.05) is 0 Å². The van der Waals surface area contributed by atoms with Crippen LogP contribution >= 0.6 is 11.8 Å². The van der Waals surface area contributed by atoms with Crippen LogP contribution in [0.2, 0.25) is 0 Å². The van der Waals surface area contributed by atoms with Crippen molar-refractivity contribution >= 4 is 35.0 Å². The molecule has 0 N–H and O–H groups in total. The topological polar surface area (TPSA) is 82.1 Å². The summed E-state index contributed by atoms with van der Waals surface area (Å²) >= 11 is 0.788. The highest BCUT2D eigenvalue weighted by molar-refractivity contribution is 8.18. The van der Waals surface area contributed by atoms with E-state index >= 15 is 0 Å². The molecule has 1 aromatic carbocycles. The van der Waals surface area contributed by atoms with Gasteiger partial charge in [0.2, 0.25) is 0 Å². The van der Waals surface area contributed by atoms with Crippen molar-refractivity contribution in [1.82, 2.24) is 4.90 Å². The molecule has 0 atom stereocenters. The van der Waals surface area contributed by atoms with E-state index in [2.05, 4.69) is 0 Å². The van der Waals surface area contributed by atoms with Crippen LogP contribution in [0.1, 0.15) is 33.3 Å². The lowest BCUT2D eigenvalue weighted by Gasteiger charge is -2.13. The molecule has 1 aromatic rings. The quantitative estimate of drug-likeness (QED) is 0.480. The number of nitrogens with zero attached hydrogens (tertiary/aromatic N) is 1. The van der Waals surface area contributed by atoms with E-state index in [1.165, 1.54) is 7.11 Å². The van der Waals surface area contributed by atoms with Crippen molar-refractivity contribution in [3.63, 3.8) is 0 Å². The van der Waals surface area contributed by atoms with Crippen LogP contribution in [0.3, 0.4) is 0 Å². The van der Waals surface area contributed by atoms with Crippen molar-refractivity contribution in [3.05, 3.63) is 28.7 Å². The van der Waals surface area contributed by atoms with Gasteiger partial charge in [0.15, 0.2) is 11.5 Å². The number of imide groups is 1. The number of methoxy groups -OCH3 is 1. The van der Waals surface area contributed by atoms with Gasteiger partial charge in [0.25, 0.3) is 11.1 Å². The monoisotopic (exact) mass is 407 g/mol. The first-order valence-corrected chi connectivity index (χ1v) is 9.78. The molecular weight excluding hydrogens is 382 g/mol. The molecule has 1 saturated heterocycles. The molecule has 7 nitrogen and oxygen atoms in total. The van der Waals surface area contributed by atoms with Gasteiger partial charge >= 0.3 is 5.97 Å². The molecular formula is C20H25NO6S. The Morgan fingerprint density at radius 3 is 2.50 bits per heavy atom. The summed E-state index contributed by atoms with van der Waals surface area (Å²) in [7, 11) is 1.54. The Hall–Kier alpha value is -2.48. The fourth-order valence-corrected chi connectivity index (χ4v) is 3.20. The predicted molar refractivity (Wildman–Crippen MR) is 107 cm³/mol. The van der Waals surface area contributed by atoms with Crippen LogP contribution in [0.25, 0.3) is 6.08 Å². The number of ether oxygens (including phenoxy) is 3. The lowest BCUT2D eigenvalue weighted by molar-refractivity contribution is -0.149. The Morgan fingerprint density at radius 1 is 1.18 bits per heavy atom. The van der Waals surface area contributed by atoms with Crippen molar-refractivity contribution in [2.45, 2.75) is 33.8 Å². The number of carbonyl (C=O) groups excluding carboxylic acids is 3. The second-order valence-corrected chi connectivity index (χ2v) is 7.91. The third-order valence-electron chi connectivity index (χ3n) is 3.59. The van der Waals surface area contributed by atoms with E-state index in [9.17, 15) is 14.4 Å². The molecule has 0 aliphatic carbocycles. The molecule has 0 bridgehead atoms. The normalized spacial score (nSPS) is 15.7. The van der Waals surface area contributed by atoms with Crippen molar-refractivity contribution in [2.24, 2.45) is 5.92 Å². The third-order valence-corrected chi connectivity index (χ3v) is 4.49. The van der Waals surface area contributed by atoms with Crippen molar-refractivity contribution in [2.75, 3.05) is 20.3 Å². The second kappa shape index (κ2) is 9.64. The van der Waals surface area contributed by atoms with E-state index in [4.69, 9.17) is 14.2 Å². The maximum Gasteiger partial charge on any atom is 0.326 e. The summed E-state index contributed by atoms with van der Waals surface area (Å²) in [5.74, 6) is 0.382. The second-order valence-electron chi connectivity index (χ2n) is 6.92. The number of hydrogen-bond acceptors (Lipinski definition) is 7. The minimum atomic E-state index is -0.619. The minimum Gasteiger partial charge on any atom is -0.493 e. The van der Waals surface area contributed by atoms with Crippen LogP contribution in [0.4, 0.5) is 4.79 Å². The first kappa shape index (κ1) is 21.8. The van der Waals surface area contributed by atoms with E-state index < -0.39 is 23.7 Å². The zero-order valence-corrected chi connectivity index (χ0v) is 17.5. The first-order chi connectivity index (χ1) is 13.2. The predicted octanol–water partition coefficient (Wildman–Crippen LogP) is 3.72. The Morgan fingerprint density at radius 2 is 1.89 bits per heavy atom. The number of carbonyl (C=O) groups is 3. The van der Waals surface area contributed by atoms with Crippen molar-refractivity contribution < 1.29 is 28.6 Å². The van der Waals surface area contributed by atoms with Crippen LogP contribution in [-0.2, 0) is 14.3 Å². The van der Waals surface area contributed by atoms with Gasteiger partial charge in [0.05, 0.1) is 24.7 Å². The van der Waals surface area contributed by atoms with Gasteiger partial charge in [-0.3, -0.25) is 19.3 Å². The molecule has 0 unspecified atom stereocenters. The molecule has 2 rings (SSSR count). The number of amides is 2. The van der Waals surface area contributed by atoms with Gasteiger partial charge in [0.1, 0.15) is 6.54 Å². The van der Waals surface area contributed by atoms with Gasteiger partial charge in [-0.15, -0.1) is 0 Å². The summed E-state index contributed by atoms with van der Waals surface area (Å²) in [4.78, 5) is 37.5. The number of esters is 1. The van der Waals surface area contributed by atoms with Crippen LogP contribution < -0.4 is 9.47 Å². The highest BCUT2D eigenvalue weighted by atomic mass is 32.2. The molecule has 2 amide bonds. The molecule has 0 aromatic heterocycles. The summed E-state index contributed by atoms with van der Waals surface area (Å²) in [6.07, 6.45) is 1.28. The summed E-state index contributed by atoms with van der Waals surface area (Å²) in [5.41, 5.74) is 0.684. The maximum absolute atomic E-state index is 12.5. The third kappa shape index (κ3) is 5.76. The average molecular weight is 407 g/mol. The summed E-state index contributed by atoms with van der Waals surface area (Å²) in [5, 5.41) is -0.499. The number of benzene rings is 1. The fourth-order valence-electron chi connectivity index (χ4n) is 2.37. The van der Waals surface area contributed by atoms with Crippen LogP contribution in [0.15, 0.2) is 23.1 Å². The number of rotatable bonds is 8. The first-order valence-electron chi connectivity index (χ1n) is 8.97. The molecule has 1 fully saturated rings. The number of hydrogen-bond donors (Lipinski definition) is 0. The number of thioether (sulfide) groups is 1. The molecule has 1 aliphatic heterocycles. The highest BCUT2D eigenvalue weighted by Gasteiger charge is 2.36. The Bertz CT molecular complexity index is 787. The average Bonchev–Trinajstić information content (AvgIpc) is 2.87. The Kier molecular flexibility index (Phi) is 7.51. The SMILES string of the molecule is COc1cc(C=C2SC(=O)N(CC(=O)OC(C)C)C2=O)ccc1OCC(C)C. The Labute approximate surface area is 169 Å². The standard InChI is InChI=1S/C20H25NO6S/c1-12(2)11-26-15-7-6-14(8-16(15)25-5)9-17-19(23)21(20(24)28-17)10-18(22)27-13(3)4/h6-9,12-13H,10-11H2,1-5H3. The van der Waals surface area contributed by atoms with Gasteiger partial charge < -0.3 is 14.2 Å². The van der Waals surface area contributed by atoms with Gasteiger partial charge in [-0.05, 0) is 55.3 Å². The molecule has 0 radical (unpaired) electrons. The molecule has 1 heterocycles. The maximum atomic E-state index is 12.5. The smallest absolute Gasteiger partial charge is 0.326 e. The van der Waals surface area contributed by atoms with Gasteiger partial charge in [-0.1, -0.05) is 19.9 Å².